The summed E-state index contributed by atoms with van der Waals surface area (Å²) in [4.78, 5) is 24.3. The van der Waals surface area contributed by atoms with Crippen LogP contribution in [-0.2, 0) is 0 Å². The lowest BCUT2D eigenvalue weighted by molar-refractivity contribution is 0.0725. The number of hydrogen-bond donors (Lipinski definition) is 1. The Hall–Kier alpha value is -2.66. The van der Waals surface area contributed by atoms with Gasteiger partial charge in [-0.2, -0.15) is 0 Å². The van der Waals surface area contributed by atoms with Crippen LogP contribution in [0.5, 0.6) is 0 Å². The number of benzene rings is 1. The molecule has 5 nitrogen and oxygen atoms in total. The fraction of sp³-hybridized carbons (Fsp3) is 0.348. The lowest BCUT2D eigenvalue weighted by atomic mass is 10.1. The van der Waals surface area contributed by atoms with Gasteiger partial charge in [0.1, 0.15) is 0 Å². The van der Waals surface area contributed by atoms with Gasteiger partial charge in [0.05, 0.1) is 11.3 Å². The normalized spacial score (nSPS) is 13.8. The van der Waals surface area contributed by atoms with Crippen LogP contribution in [0.25, 0.3) is 11.0 Å². The van der Waals surface area contributed by atoms with Crippen molar-refractivity contribution >= 4 is 40.7 Å². The van der Waals surface area contributed by atoms with E-state index in [9.17, 15) is 4.79 Å². The van der Waals surface area contributed by atoms with Gasteiger partial charge >= 0.3 is 0 Å². The highest BCUT2D eigenvalue weighted by atomic mass is 35.5. The molecule has 2 aromatic heterocycles. The minimum atomic E-state index is 0. The number of halogens is 1. The number of nitrogens with zero attached hydrogens (tertiary/aromatic N) is 3. The number of aryl methyl sites for hydroxylation is 3. The molecular weight excluding hydrogens is 384 g/mol. The fourth-order valence-electron chi connectivity index (χ4n) is 3.70. The van der Waals surface area contributed by atoms with Gasteiger partial charge in [-0.25, -0.2) is 9.97 Å². The zero-order chi connectivity index (χ0) is 19.7. The molecule has 152 valence electrons. The minimum Gasteiger partial charge on any atom is -0.354 e. The maximum absolute atomic E-state index is 13.3. The third-order valence-electron chi connectivity index (χ3n) is 5.52. The van der Waals surface area contributed by atoms with Gasteiger partial charge in [-0.05, 0) is 75.4 Å². The van der Waals surface area contributed by atoms with Gasteiger partial charge in [0.15, 0.2) is 5.65 Å². The van der Waals surface area contributed by atoms with E-state index < -0.39 is 0 Å². The van der Waals surface area contributed by atoms with E-state index in [0.29, 0.717) is 11.2 Å². The van der Waals surface area contributed by atoms with Crippen LogP contribution in [0, 0.1) is 20.8 Å². The maximum atomic E-state index is 13.3. The van der Waals surface area contributed by atoms with Crippen LogP contribution in [0.1, 0.15) is 46.4 Å². The predicted octanol–water partition coefficient (Wildman–Crippen LogP) is 5.35. The SMILES string of the molecule is Cc1ccc2c(Nc3ccc(C)c(C)c3)c(C(=O)N3CCCCC3)cnc2n1.Cl. The summed E-state index contributed by atoms with van der Waals surface area (Å²) in [6, 6.07) is 10.2. The summed E-state index contributed by atoms with van der Waals surface area (Å²) >= 11 is 0. The molecule has 6 heteroatoms. The first-order valence-corrected chi connectivity index (χ1v) is 9.93. The van der Waals surface area contributed by atoms with Crippen molar-refractivity contribution in [3.8, 4) is 0 Å². The van der Waals surface area contributed by atoms with E-state index in [1.165, 1.54) is 17.5 Å². The van der Waals surface area contributed by atoms with Gasteiger partial charge < -0.3 is 10.2 Å². The van der Waals surface area contributed by atoms with E-state index in [-0.39, 0.29) is 18.3 Å². The first kappa shape index (κ1) is 21.1. The van der Waals surface area contributed by atoms with Crippen LogP contribution in [0.2, 0.25) is 0 Å². The molecule has 1 aromatic carbocycles. The summed E-state index contributed by atoms with van der Waals surface area (Å²) in [6.45, 7) is 7.76. The number of likely N-dealkylation sites (tertiary alicyclic amines) is 1. The first-order chi connectivity index (χ1) is 13.5. The van der Waals surface area contributed by atoms with Crippen LogP contribution >= 0.6 is 12.4 Å². The van der Waals surface area contributed by atoms with Gasteiger partial charge in [0.25, 0.3) is 5.91 Å². The Labute approximate surface area is 178 Å². The lowest BCUT2D eigenvalue weighted by Crippen LogP contribution is -2.36. The van der Waals surface area contributed by atoms with Crippen LogP contribution in [0.4, 0.5) is 11.4 Å². The number of fused-ring (bicyclic) bond motifs is 1. The number of amides is 1. The van der Waals surface area contributed by atoms with E-state index in [1.54, 1.807) is 6.20 Å². The number of piperidine rings is 1. The second kappa shape index (κ2) is 8.78. The molecule has 0 aliphatic carbocycles. The second-order valence-corrected chi connectivity index (χ2v) is 7.65. The first-order valence-electron chi connectivity index (χ1n) is 9.93. The van der Waals surface area contributed by atoms with Crippen molar-refractivity contribution in [3.05, 3.63) is 58.9 Å². The molecule has 0 atom stereocenters. The van der Waals surface area contributed by atoms with Crippen LogP contribution < -0.4 is 5.32 Å². The summed E-state index contributed by atoms with van der Waals surface area (Å²) in [5, 5.41) is 4.36. The van der Waals surface area contributed by atoms with Gasteiger partial charge in [0.2, 0.25) is 0 Å². The largest absolute Gasteiger partial charge is 0.354 e. The lowest BCUT2D eigenvalue weighted by Gasteiger charge is -2.27. The molecular formula is C23H27ClN4O. The Morgan fingerprint density at radius 1 is 1.00 bits per heavy atom. The Morgan fingerprint density at radius 2 is 1.76 bits per heavy atom. The topological polar surface area (TPSA) is 58.1 Å². The van der Waals surface area contributed by atoms with Crippen molar-refractivity contribution in [2.75, 3.05) is 18.4 Å². The van der Waals surface area contributed by atoms with E-state index in [2.05, 4.69) is 41.3 Å². The molecule has 0 radical (unpaired) electrons. The standard InChI is InChI=1S/C23H26N4O.ClH/c1-15-7-9-18(13-16(15)2)26-21-19-10-8-17(3)25-22(19)24-14-20(21)23(28)27-11-5-4-6-12-27;/h7-10,13-14H,4-6,11-12H2,1-3H3,(H,24,25,26);1H. The monoisotopic (exact) mass is 410 g/mol. The number of carbonyl (C=O) groups excluding carboxylic acids is 1. The fourth-order valence-corrected chi connectivity index (χ4v) is 3.70. The molecule has 1 aliphatic heterocycles. The molecule has 0 unspecified atom stereocenters. The van der Waals surface area contributed by atoms with Gasteiger partial charge in [-0.15, -0.1) is 12.4 Å². The van der Waals surface area contributed by atoms with Crippen molar-refractivity contribution < 1.29 is 4.79 Å². The van der Waals surface area contributed by atoms with E-state index >= 15 is 0 Å². The number of carbonyl (C=O) groups is 1. The summed E-state index contributed by atoms with van der Waals surface area (Å²) in [7, 11) is 0. The van der Waals surface area contributed by atoms with Crippen molar-refractivity contribution in [3.63, 3.8) is 0 Å². The molecule has 0 bridgehead atoms. The molecule has 3 aromatic rings. The molecule has 29 heavy (non-hydrogen) atoms. The molecule has 0 spiro atoms. The minimum absolute atomic E-state index is 0. The van der Waals surface area contributed by atoms with E-state index in [4.69, 9.17) is 0 Å². The quantitative estimate of drug-likeness (QED) is 0.632. The average molecular weight is 411 g/mol. The number of nitrogens with one attached hydrogen (secondary N) is 1. The van der Waals surface area contributed by atoms with Gasteiger partial charge in [-0.1, -0.05) is 6.07 Å². The number of anilines is 2. The third-order valence-corrected chi connectivity index (χ3v) is 5.52. The summed E-state index contributed by atoms with van der Waals surface area (Å²) in [5.74, 6) is 0.0426. The van der Waals surface area contributed by atoms with Crippen LogP contribution in [0.15, 0.2) is 36.5 Å². The Morgan fingerprint density at radius 3 is 2.48 bits per heavy atom. The van der Waals surface area contributed by atoms with Gasteiger partial charge in [-0.3, -0.25) is 4.79 Å². The Kier molecular flexibility index (Phi) is 6.38. The maximum Gasteiger partial charge on any atom is 0.257 e. The summed E-state index contributed by atoms with van der Waals surface area (Å²) in [6.07, 6.45) is 4.99. The van der Waals surface area contributed by atoms with Gasteiger partial charge in [0, 0.05) is 36.1 Å². The molecule has 0 saturated carbocycles. The molecule has 3 heterocycles. The Bertz CT molecular complexity index is 1040. The predicted molar refractivity (Wildman–Crippen MR) is 120 cm³/mol. The molecule has 1 N–H and O–H groups in total. The van der Waals surface area contributed by atoms with Crippen molar-refractivity contribution in [2.24, 2.45) is 0 Å². The highest BCUT2D eigenvalue weighted by Crippen LogP contribution is 2.30. The zero-order valence-electron chi connectivity index (χ0n) is 17.2. The number of rotatable bonds is 3. The van der Waals surface area contributed by atoms with Crippen molar-refractivity contribution in [1.82, 2.24) is 14.9 Å². The molecule has 1 fully saturated rings. The van der Waals surface area contributed by atoms with E-state index in [0.717, 1.165) is 48.4 Å². The van der Waals surface area contributed by atoms with E-state index in [1.807, 2.05) is 30.0 Å². The Balaban J connectivity index is 0.00000240. The molecule has 1 amide bonds. The second-order valence-electron chi connectivity index (χ2n) is 7.65. The van der Waals surface area contributed by atoms with Crippen molar-refractivity contribution in [1.29, 1.82) is 0 Å². The van der Waals surface area contributed by atoms with Crippen LogP contribution in [-0.4, -0.2) is 33.9 Å². The summed E-state index contributed by atoms with van der Waals surface area (Å²) in [5.41, 5.74) is 6.38. The average Bonchev–Trinajstić information content (AvgIpc) is 2.71. The summed E-state index contributed by atoms with van der Waals surface area (Å²) < 4.78 is 0. The number of hydrogen-bond acceptors (Lipinski definition) is 4. The number of aromatic nitrogens is 2. The molecule has 1 aliphatic rings. The molecule has 4 rings (SSSR count). The highest BCUT2D eigenvalue weighted by Gasteiger charge is 2.23. The smallest absolute Gasteiger partial charge is 0.257 e. The van der Waals surface area contributed by atoms with Crippen molar-refractivity contribution in [2.45, 2.75) is 40.0 Å². The zero-order valence-corrected chi connectivity index (χ0v) is 18.0. The highest BCUT2D eigenvalue weighted by molar-refractivity contribution is 6.07. The molecule has 1 saturated heterocycles. The van der Waals surface area contributed by atoms with Crippen LogP contribution in [0.3, 0.4) is 0 Å². The number of pyridine rings is 2. The third kappa shape index (κ3) is 4.35.